The number of halogens is 1. The molecule has 2 heterocycles. The van der Waals surface area contributed by atoms with Gasteiger partial charge in [-0.1, -0.05) is 35.9 Å². The van der Waals surface area contributed by atoms with Crippen LogP contribution in [-0.4, -0.2) is 40.4 Å². The molecule has 3 aromatic rings. The van der Waals surface area contributed by atoms with Crippen molar-refractivity contribution in [2.75, 3.05) is 18.0 Å². The Morgan fingerprint density at radius 1 is 1.19 bits per heavy atom. The maximum atomic E-state index is 12.2. The third-order valence-electron chi connectivity index (χ3n) is 5.63. The summed E-state index contributed by atoms with van der Waals surface area (Å²) in [5.74, 6) is 0.932. The number of amides is 1. The van der Waals surface area contributed by atoms with Gasteiger partial charge >= 0.3 is 6.09 Å². The van der Waals surface area contributed by atoms with Crippen LogP contribution in [0.1, 0.15) is 45.6 Å². The largest absolute Gasteiger partial charge is 0.444 e. The minimum absolute atomic E-state index is 0.159. The standard InChI is InChI=1S/C25H31ClN4O2/c1-25(2,3)32-24(31)27-16-20-11-6-7-14-29(20)23-28-21-12-4-5-13-22(21)30(23)17-18-9-8-10-19(26)15-18/h4-5,8-10,12-13,15,20H,6-7,11,14,16-17H2,1-3H3,(H,27,31). The van der Waals surface area contributed by atoms with E-state index in [2.05, 4.69) is 26.9 Å². The topological polar surface area (TPSA) is 59.4 Å². The number of hydrogen-bond acceptors (Lipinski definition) is 4. The Morgan fingerprint density at radius 3 is 2.78 bits per heavy atom. The van der Waals surface area contributed by atoms with Gasteiger partial charge in [-0.15, -0.1) is 0 Å². The highest BCUT2D eigenvalue weighted by Crippen LogP contribution is 2.29. The molecule has 1 aliphatic heterocycles. The summed E-state index contributed by atoms with van der Waals surface area (Å²) < 4.78 is 7.69. The number of hydrogen-bond donors (Lipinski definition) is 1. The zero-order chi connectivity index (χ0) is 22.7. The van der Waals surface area contributed by atoms with Crippen LogP contribution in [0.3, 0.4) is 0 Å². The van der Waals surface area contributed by atoms with E-state index in [4.69, 9.17) is 21.3 Å². The predicted octanol–water partition coefficient (Wildman–Crippen LogP) is 5.62. The van der Waals surface area contributed by atoms with Crippen molar-refractivity contribution in [1.29, 1.82) is 0 Å². The van der Waals surface area contributed by atoms with Gasteiger partial charge in [-0.05, 0) is 69.9 Å². The molecule has 0 aliphatic carbocycles. The summed E-state index contributed by atoms with van der Waals surface area (Å²) in [6, 6.07) is 16.3. The fraction of sp³-hybridized carbons (Fsp3) is 0.440. The van der Waals surface area contributed by atoms with Crippen molar-refractivity contribution in [2.45, 2.75) is 58.2 Å². The molecule has 170 valence electrons. The van der Waals surface area contributed by atoms with Crippen LogP contribution in [0, 0.1) is 0 Å². The minimum atomic E-state index is -0.513. The van der Waals surface area contributed by atoms with Crippen LogP contribution < -0.4 is 10.2 Å². The summed E-state index contributed by atoms with van der Waals surface area (Å²) in [5.41, 5.74) is 2.67. The summed E-state index contributed by atoms with van der Waals surface area (Å²) in [5, 5.41) is 3.69. The second-order valence-electron chi connectivity index (χ2n) is 9.34. The number of alkyl carbamates (subject to hydrolysis) is 1. The smallest absolute Gasteiger partial charge is 0.407 e. The van der Waals surface area contributed by atoms with E-state index >= 15 is 0 Å². The summed E-state index contributed by atoms with van der Waals surface area (Å²) in [4.78, 5) is 19.6. The molecule has 0 radical (unpaired) electrons. The lowest BCUT2D eigenvalue weighted by Crippen LogP contribution is -2.48. The average Bonchev–Trinajstić information content (AvgIpc) is 3.09. The first-order valence-corrected chi connectivity index (χ1v) is 11.6. The van der Waals surface area contributed by atoms with E-state index in [-0.39, 0.29) is 12.1 Å². The number of para-hydroxylation sites is 2. The molecule has 1 saturated heterocycles. The number of carbonyl (C=O) groups excluding carboxylic acids is 1. The summed E-state index contributed by atoms with van der Waals surface area (Å²) >= 11 is 6.24. The predicted molar refractivity (Wildman–Crippen MR) is 130 cm³/mol. The molecular weight excluding hydrogens is 424 g/mol. The van der Waals surface area contributed by atoms with Gasteiger partial charge in [0.25, 0.3) is 0 Å². The van der Waals surface area contributed by atoms with Gasteiger partial charge in [0.2, 0.25) is 5.95 Å². The van der Waals surface area contributed by atoms with Crippen molar-refractivity contribution in [2.24, 2.45) is 0 Å². The van der Waals surface area contributed by atoms with E-state index in [0.717, 1.165) is 53.4 Å². The first kappa shape index (κ1) is 22.5. The van der Waals surface area contributed by atoms with Crippen molar-refractivity contribution < 1.29 is 9.53 Å². The van der Waals surface area contributed by atoms with Crippen molar-refractivity contribution in [3.63, 3.8) is 0 Å². The molecule has 1 N–H and O–H groups in total. The zero-order valence-electron chi connectivity index (χ0n) is 19.0. The summed E-state index contributed by atoms with van der Waals surface area (Å²) in [7, 11) is 0. The van der Waals surface area contributed by atoms with Gasteiger partial charge in [-0.2, -0.15) is 0 Å². The molecule has 6 nitrogen and oxygen atoms in total. The van der Waals surface area contributed by atoms with Crippen LogP contribution in [0.4, 0.5) is 10.7 Å². The van der Waals surface area contributed by atoms with Crippen LogP contribution in [0.2, 0.25) is 5.02 Å². The van der Waals surface area contributed by atoms with E-state index in [1.54, 1.807) is 0 Å². The number of carbonyl (C=O) groups is 1. The molecule has 32 heavy (non-hydrogen) atoms. The highest BCUT2D eigenvalue weighted by Gasteiger charge is 2.28. The molecule has 2 aromatic carbocycles. The first-order chi connectivity index (χ1) is 15.3. The summed E-state index contributed by atoms with van der Waals surface area (Å²) in [6.45, 7) is 7.72. The van der Waals surface area contributed by atoms with E-state index < -0.39 is 5.60 Å². The third-order valence-corrected chi connectivity index (χ3v) is 5.86. The average molecular weight is 455 g/mol. The molecule has 1 atom stereocenters. The Kier molecular flexibility index (Phi) is 6.60. The molecule has 1 fully saturated rings. The number of nitrogens with one attached hydrogen (secondary N) is 1. The molecule has 0 spiro atoms. The van der Waals surface area contributed by atoms with E-state index in [9.17, 15) is 4.79 Å². The lowest BCUT2D eigenvalue weighted by atomic mass is 10.0. The van der Waals surface area contributed by atoms with Crippen molar-refractivity contribution in [3.8, 4) is 0 Å². The van der Waals surface area contributed by atoms with E-state index in [1.807, 2.05) is 57.2 Å². The zero-order valence-corrected chi connectivity index (χ0v) is 19.7. The lowest BCUT2D eigenvalue weighted by Gasteiger charge is -2.37. The molecule has 1 amide bonds. The minimum Gasteiger partial charge on any atom is -0.444 e. The number of anilines is 1. The van der Waals surface area contributed by atoms with Crippen LogP contribution in [0.15, 0.2) is 48.5 Å². The fourth-order valence-electron chi connectivity index (χ4n) is 4.25. The maximum Gasteiger partial charge on any atom is 0.407 e. The highest BCUT2D eigenvalue weighted by molar-refractivity contribution is 6.30. The Hall–Kier alpha value is -2.73. The van der Waals surface area contributed by atoms with Crippen molar-refractivity contribution >= 4 is 34.7 Å². The highest BCUT2D eigenvalue weighted by atomic mass is 35.5. The molecule has 0 bridgehead atoms. The second kappa shape index (κ2) is 9.41. The fourth-order valence-corrected chi connectivity index (χ4v) is 4.46. The van der Waals surface area contributed by atoms with Crippen LogP contribution in [-0.2, 0) is 11.3 Å². The molecule has 1 unspecified atom stereocenters. The maximum absolute atomic E-state index is 12.2. The molecular formula is C25H31ClN4O2. The number of imidazole rings is 1. The number of ether oxygens (including phenoxy) is 1. The Morgan fingerprint density at radius 2 is 2.00 bits per heavy atom. The quantitative estimate of drug-likeness (QED) is 0.543. The summed E-state index contributed by atoms with van der Waals surface area (Å²) in [6.07, 6.45) is 2.85. The second-order valence-corrected chi connectivity index (χ2v) is 9.78. The molecule has 4 rings (SSSR count). The van der Waals surface area contributed by atoms with E-state index in [1.165, 1.54) is 0 Å². The van der Waals surface area contributed by atoms with Gasteiger partial charge in [0.1, 0.15) is 5.60 Å². The normalized spacial score (nSPS) is 16.9. The van der Waals surface area contributed by atoms with Gasteiger partial charge in [-0.25, -0.2) is 9.78 Å². The number of rotatable bonds is 5. The lowest BCUT2D eigenvalue weighted by molar-refractivity contribution is 0.0522. The number of aromatic nitrogens is 2. The van der Waals surface area contributed by atoms with Crippen molar-refractivity contribution in [1.82, 2.24) is 14.9 Å². The Balaban J connectivity index is 1.62. The van der Waals surface area contributed by atoms with Crippen molar-refractivity contribution in [3.05, 3.63) is 59.1 Å². The first-order valence-electron chi connectivity index (χ1n) is 11.2. The SMILES string of the molecule is CC(C)(C)OC(=O)NCC1CCCCN1c1nc2ccccc2n1Cc1cccc(Cl)c1. The molecule has 1 aromatic heterocycles. The molecule has 0 saturated carbocycles. The number of fused-ring (bicyclic) bond motifs is 1. The number of nitrogens with zero attached hydrogens (tertiary/aromatic N) is 3. The third kappa shape index (κ3) is 5.36. The van der Waals surface area contributed by atoms with Crippen LogP contribution >= 0.6 is 11.6 Å². The number of benzene rings is 2. The van der Waals surface area contributed by atoms with E-state index in [0.29, 0.717) is 13.1 Å². The van der Waals surface area contributed by atoms with Crippen LogP contribution in [0.25, 0.3) is 11.0 Å². The number of piperidine rings is 1. The Labute approximate surface area is 194 Å². The van der Waals surface area contributed by atoms with Gasteiger partial charge in [-0.3, -0.25) is 0 Å². The van der Waals surface area contributed by atoms with Gasteiger partial charge in [0, 0.05) is 24.2 Å². The Bertz CT molecular complexity index is 1090. The van der Waals surface area contributed by atoms with Gasteiger partial charge < -0.3 is 19.5 Å². The van der Waals surface area contributed by atoms with Gasteiger partial charge in [0.05, 0.1) is 17.6 Å². The molecule has 7 heteroatoms. The van der Waals surface area contributed by atoms with Gasteiger partial charge in [0.15, 0.2) is 0 Å². The monoisotopic (exact) mass is 454 g/mol. The van der Waals surface area contributed by atoms with Crippen LogP contribution in [0.5, 0.6) is 0 Å². The molecule has 1 aliphatic rings.